The maximum Gasteiger partial charge on any atom is 0.266 e. The molecule has 0 aromatic carbocycles. The summed E-state index contributed by atoms with van der Waals surface area (Å²) >= 11 is 0. The summed E-state index contributed by atoms with van der Waals surface area (Å²) in [6.45, 7) is 2.03. The Morgan fingerprint density at radius 3 is 3.00 bits per heavy atom. The molecule has 0 saturated heterocycles. The van der Waals surface area contributed by atoms with Crippen molar-refractivity contribution in [2.24, 2.45) is 5.10 Å². The predicted molar refractivity (Wildman–Crippen MR) is 74.5 cm³/mol. The van der Waals surface area contributed by atoms with Gasteiger partial charge in [-0.25, -0.2) is 15.4 Å². The fourth-order valence-electron chi connectivity index (χ4n) is 3.08. The molecular formula is C14H15N5O. The Morgan fingerprint density at radius 1 is 1.45 bits per heavy atom. The predicted octanol–water partition coefficient (Wildman–Crippen LogP) is 1.34. The van der Waals surface area contributed by atoms with Crippen molar-refractivity contribution >= 4 is 23.2 Å². The standard InChI is InChI=1S/C14H15N5O/c1-2-11-15-7-9-6-10-8-16-18-13(20)14(4-3-5-14)19(10)12(9)17-11/h6-8H,2-5H2,1H3,(H,18,20). The molecule has 1 amide bonds. The van der Waals surface area contributed by atoms with Crippen molar-refractivity contribution in [3.63, 3.8) is 0 Å². The van der Waals surface area contributed by atoms with Gasteiger partial charge >= 0.3 is 0 Å². The van der Waals surface area contributed by atoms with Crippen LogP contribution in [-0.2, 0) is 16.8 Å². The van der Waals surface area contributed by atoms with Gasteiger partial charge in [0.25, 0.3) is 5.91 Å². The second kappa shape index (κ2) is 3.88. The van der Waals surface area contributed by atoms with E-state index in [1.165, 1.54) is 0 Å². The van der Waals surface area contributed by atoms with Crippen LogP contribution < -0.4 is 5.43 Å². The number of fused-ring (bicyclic) bond motifs is 4. The molecule has 6 nitrogen and oxygen atoms in total. The molecule has 3 heterocycles. The number of hydrazone groups is 1. The van der Waals surface area contributed by atoms with Crippen molar-refractivity contribution in [2.45, 2.75) is 38.1 Å². The van der Waals surface area contributed by atoms with E-state index in [0.717, 1.165) is 48.2 Å². The summed E-state index contributed by atoms with van der Waals surface area (Å²) in [5, 5.41) is 4.98. The van der Waals surface area contributed by atoms with Gasteiger partial charge in [-0.1, -0.05) is 6.92 Å². The molecule has 2 aliphatic rings. The first-order chi connectivity index (χ1) is 9.74. The fourth-order valence-corrected chi connectivity index (χ4v) is 3.08. The zero-order valence-corrected chi connectivity index (χ0v) is 11.3. The quantitative estimate of drug-likeness (QED) is 0.849. The van der Waals surface area contributed by atoms with Crippen LogP contribution in [0.2, 0.25) is 0 Å². The monoisotopic (exact) mass is 269 g/mol. The number of carbonyl (C=O) groups excluding carboxylic acids is 1. The Hall–Kier alpha value is -2.24. The van der Waals surface area contributed by atoms with Crippen molar-refractivity contribution in [3.8, 4) is 0 Å². The van der Waals surface area contributed by atoms with Crippen LogP contribution in [0.5, 0.6) is 0 Å². The van der Waals surface area contributed by atoms with Crippen LogP contribution in [0.1, 0.15) is 37.7 Å². The van der Waals surface area contributed by atoms with Crippen molar-refractivity contribution in [1.82, 2.24) is 20.0 Å². The Labute approximate surface area is 115 Å². The first kappa shape index (κ1) is 11.6. The van der Waals surface area contributed by atoms with Gasteiger partial charge in [0.1, 0.15) is 17.0 Å². The fraction of sp³-hybridized carbons (Fsp3) is 0.429. The lowest BCUT2D eigenvalue weighted by Gasteiger charge is -2.41. The zero-order chi connectivity index (χ0) is 13.7. The van der Waals surface area contributed by atoms with Crippen LogP contribution in [-0.4, -0.2) is 26.7 Å². The number of aryl methyl sites for hydroxylation is 1. The van der Waals surface area contributed by atoms with Crippen LogP contribution >= 0.6 is 0 Å². The van der Waals surface area contributed by atoms with Crippen LogP contribution in [0.25, 0.3) is 11.0 Å². The Bertz CT molecular complexity index is 741. The number of aromatic nitrogens is 3. The highest BCUT2D eigenvalue weighted by atomic mass is 16.2. The third-order valence-electron chi connectivity index (χ3n) is 4.33. The van der Waals surface area contributed by atoms with Gasteiger partial charge in [-0.2, -0.15) is 5.10 Å². The lowest BCUT2D eigenvalue weighted by Crippen LogP contribution is -2.51. The molecule has 6 heteroatoms. The van der Waals surface area contributed by atoms with Crippen LogP contribution in [0.15, 0.2) is 17.4 Å². The maximum atomic E-state index is 12.4. The number of carbonyl (C=O) groups is 1. The summed E-state index contributed by atoms with van der Waals surface area (Å²) in [5.41, 5.74) is 3.87. The van der Waals surface area contributed by atoms with E-state index < -0.39 is 5.54 Å². The second-order valence-corrected chi connectivity index (χ2v) is 5.41. The molecule has 4 rings (SSSR count). The molecule has 102 valence electrons. The van der Waals surface area contributed by atoms with E-state index in [1.807, 2.05) is 19.2 Å². The third kappa shape index (κ3) is 1.33. The van der Waals surface area contributed by atoms with Crippen LogP contribution in [0.4, 0.5) is 0 Å². The van der Waals surface area contributed by atoms with E-state index in [1.54, 1.807) is 6.21 Å². The number of amides is 1. The van der Waals surface area contributed by atoms with Gasteiger partial charge in [-0.05, 0) is 25.3 Å². The lowest BCUT2D eigenvalue weighted by molar-refractivity contribution is -0.133. The van der Waals surface area contributed by atoms with E-state index in [9.17, 15) is 4.79 Å². The van der Waals surface area contributed by atoms with E-state index in [0.29, 0.717) is 0 Å². The smallest absolute Gasteiger partial charge is 0.266 e. The first-order valence-corrected chi connectivity index (χ1v) is 6.96. The largest absolute Gasteiger partial charge is 0.309 e. The molecule has 1 spiro atoms. The minimum absolute atomic E-state index is 0.0343. The molecule has 1 aliphatic heterocycles. The first-order valence-electron chi connectivity index (χ1n) is 6.96. The van der Waals surface area contributed by atoms with E-state index >= 15 is 0 Å². The maximum absolute atomic E-state index is 12.4. The third-order valence-corrected chi connectivity index (χ3v) is 4.33. The van der Waals surface area contributed by atoms with Gasteiger partial charge in [-0.3, -0.25) is 4.79 Å². The summed E-state index contributed by atoms with van der Waals surface area (Å²) in [6.07, 6.45) is 7.04. The molecule has 0 bridgehead atoms. The number of hydrogen-bond donors (Lipinski definition) is 1. The molecule has 1 saturated carbocycles. The summed E-state index contributed by atoms with van der Waals surface area (Å²) in [5.74, 6) is 0.766. The molecule has 1 N–H and O–H groups in total. The van der Waals surface area contributed by atoms with Gasteiger partial charge in [0.2, 0.25) is 0 Å². The molecule has 1 aliphatic carbocycles. The number of nitrogens with zero attached hydrogens (tertiary/aromatic N) is 4. The zero-order valence-electron chi connectivity index (χ0n) is 11.3. The number of nitrogens with one attached hydrogen (secondary N) is 1. The highest BCUT2D eigenvalue weighted by Crippen LogP contribution is 2.43. The van der Waals surface area contributed by atoms with Gasteiger partial charge in [0.15, 0.2) is 0 Å². The molecular weight excluding hydrogens is 254 g/mol. The minimum Gasteiger partial charge on any atom is -0.309 e. The summed E-state index contributed by atoms with van der Waals surface area (Å²) in [4.78, 5) is 21.4. The lowest BCUT2D eigenvalue weighted by atomic mass is 9.75. The van der Waals surface area contributed by atoms with Crippen molar-refractivity contribution < 1.29 is 4.79 Å². The van der Waals surface area contributed by atoms with E-state index in [2.05, 4.69) is 25.1 Å². The average Bonchev–Trinajstić information content (AvgIpc) is 2.68. The van der Waals surface area contributed by atoms with Crippen LogP contribution in [0, 0.1) is 0 Å². The molecule has 20 heavy (non-hydrogen) atoms. The van der Waals surface area contributed by atoms with Gasteiger partial charge in [0.05, 0.1) is 11.9 Å². The average molecular weight is 269 g/mol. The van der Waals surface area contributed by atoms with Gasteiger partial charge in [0, 0.05) is 18.0 Å². The topological polar surface area (TPSA) is 72.2 Å². The van der Waals surface area contributed by atoms with Gasteiger partial charge < -0.3 is 4.57 Å². The second-order valence-electron chi connectivity index (χ2n) is 5.41. The Kier molecular flexibility index (Phi) is 2.24. The Morgan fingerprint density at radius 2 is 2.30 bits per heavy atom. The van der Waals surface area contributed by atoms with E-state index in [4.69, 9.17) is 0 Å². The number of hydrogen-bond acceptors (Lipinski definition) is 4. The van der Waals surface area contributed by atoms with E-state index in [-0.39, 0.29) is 5.91 Å². The Balaban J connectivity index is 2.05. The SMILES string of the molecule is CCc1ncc2cc3n(c2n1)C1(CCC1)C(=O)NN=C3. The molecule has 0 unspecified atom stereocenters. The molecule has 2 aromatic rings. The highest BCUT2D eigenvalue weighted by molar-refractivity contribution is 5.96. The summed E-state index contributed by atoms with van der Waals surface area (Å²) in [7, 11) is 0. The molecule has 2 aromatic heterocycles. The van der Waals surface area contributed by atoms with Crippen molar-refractivity contribution in [3.05, 3.63) is 23.8 Å². The summed E-state index contributed by atoms with van der Waals surface area (Å²) < 4.78 is 2.05. The summed E-state index contributed by atoms with van der Waals surface area (Å²) in [6, 6.07) is 2.00. The molecule has 0 atom stereocenters. The molecule has 1 fully saturated rings. The molecule has 0 radical (unpaired) electrons. The van der Waals surface area contributed by atoms with Crippen LogP contribution in [0.3, 0.4) is 0 Å². The van der Waals surface area contributed by atoms with Gasteiger partial charge in [-0.15, -0.1) is 0 Å². The highest BCUT2D eigenvalue weighted by Gasteiger charge is 2.48. The van der Waals surface area contributed by atoms with Crippen molar-refractivity contribution in [1.29, 1.82) is 0 Å². The minimum atomic E-state index is -0.521. The number of rotatable bonds is 1. The van der Waals surface area contributed by atoms with Crippen molar-refractivity contribution in [2.75, 3.05) is 0 Å². The normalized spacial score (nSPS) is 19.6.